The van der Waals surface area contributed by atoms with Gasteiger partial charge in [0.05, 0.1) is 32.0 Å². The average molecular weight is 553 g/mol. The van der Waals surface area contributed by atoms with E-state index in [0.717, 1.165) is 18.7 Å². The minimum absolute atomic E-state index is 0.0252. The van der Waals surface area contributed by atoms with E-state index in [4.69, 9.17) is 9.47 Å². The highest BCUT2D eigenvalue weighted by Crippen LogP contribution is 2.38. The SMILES string of the molecule is COC(=O)c1cccc(Nc2cc(NC(=O)C3CC3)nc3c2nc(C)n3PI)c1OC. The minimum Gasteiger partial charge on any atom is -0.494 e. The van der Waals surface area contributed by atoms with Crippen molar-refractivity contribution in [1.29, 1.82) is 0 Å². The molecule has 1 atom stereocenters. The standard InChI is InChI=1S/C20H21IN5O4P/c1-10-22-16-14(23-13-6-4-5-12(17(13)29-2)20(28)30-3)9-15(24-18(16)26(10)31-21)25-19(27)11-7-8-11/h4-6,9,11,31H,7-8H2,1-3H3,(H2,23,24,25,27). The van der Waals surface area contributed by atoms with Gasteiger partial charge < -0.3 is 20.1 Å². The van der Waals surface area contributed by atoms with Gasteiger partial charge in [0.25, 0.3) is 0 Å². The number of halogens is 1. The summed E-state index contributed by atoms with van der Waals surface area (Å²) >= 11 is 2.28. The summed E-state index contributed by atoms with van der Waals surface area (Å²) in [5.41, 5.74) is 2.86. The molecular formula is C20H21IN5O4P. The maximum atomic E-state index is 12.3. The van der Waals surface area contributed by atoms with Gasteiger partial charge in [-0.3, -0.25) is 9.13 Å². The second-order valence-corrected chi connectivity index (χ2v) is 9.14. The van der Waals surface area contributed by atoms with Crippen LogP contribution in [0.5, 0.6) is 5.75 Å². The summed E-state index contributed by atoms with van der Waals surface area (Å²) in [6, 6.07) is 6.92. The van der Waals surface area contributed by atoms with E-state index in [-0.39, 0.29) is 11.8 Å². The number of para-hydroxylation sites is 1. The molecule has 2 aromatic heterocycles. The third-order valence-electron chi connectivity index (χ3n) is 4.96. The van der Waals surface area contributed by atoms with Crippen LogP contribution in [0.2, 0.25) is 0 Å². The monoisotopic (exact) mass is 553 g/mol. The van der Waals surface area contributed by atoms with Crippen LogP contribution < -0.4 is 15.4 Å². The third-order valence-corrected chi connectivity index (χ3v) is 7.11. The van der Waals surface area contributed by atoms with E-state index in [1.807, 2.05) is 11.3 Å². The van der Waals surface area contributed by atoms with Gasteiger partial charge in [-0.2, -0.15) is 0 Å². The number of aromatic nitrogens is 3. The number of imidazole rings is 1. The van der Waals surface area contributed by atoms with Crippen LogP contribution in [0.1, 0.15) is 29.0 Å². The Balaban J connectivity index is 1.81. The molecule has 1 unspecified atom stereocenters. The first kappa shape index (κ1) is 21.8. The van der Waals surface area contributed by atoms with E-state index >= 15 is 0 Å². The zero-order chi connectivity index (χ0) is 22.1. The zero-order valence-corrected chi connectivity index (χ0v) is 20.3. The van der Waals surface area contributed by atoms with Crippen LogP contribution in [0.25, 0.3) is 11.2 Å². The molecule has 162 valence electrons. The Bertz CT molecular complexity index is 1180. The molecule has 11 heteroatoms. The summed E-state index contributed by atoms with van der Waals surface area (Å²) in [7, 11) is 2.82. The number of methoxy groups -OCH3 is 2. The number of benzene rings is 1. The maximum absolute atomic E-state index is 12.3. The number of amides is 1. The smallest absolute Gasteiger partial charge is 0.341 e. The zero-order valence-electron chi connectivity index (χ0n) is 17.2. The van der Waals surface area contributed by atoms with E-state index in [9.17, 15) is 9.59 Å². The van der Waals surface area contributed by atoms with Crippen molar-refractivity contribution >= 4 is 68.6 Å². The van der Waals surface area contributed by atoms with E-state index in [0.29, 0.717) is 46.0 Å². The van der Waals surface area contributed by atoms with Crippen molar-refractivity contribution < 1.29 is 19.1 Å². The molecule has 4 rings (SSSR count). The topological polar surface area (TPSA) is 107 Å². The summed E-state index contributed by atoms with van der Waals surface area (Å²) in [6.45, 7) is 1.91. The Morgan fingerprint density at radius 1 is 1.23 bits per heavy atom. The molecule has 31 heavy (non-hydrogen) atoms. The van der Waals surface area contributed by atoms with Crippen LogP contribution in [-0.4, -0.2) is 40.4 Å². The molecule has 0 saturated heterocycles. The van der Waals surface area contributed by atoms with Gasteiger partial charge >= 0.3 is 5.97 Å². The fraction of sp³-hybridized carbons (Fsp3) is 0.300. The molecule has 1 aromatic carbocycles. The number of rotatable bonds is 7. The van der Waals surface area contributed by atoms with Crippen molar-refractivity contribution in [3.05, 3.63) is 35.7 Å². The van der Waals surface area contributed by atoms with E-state index in [2.05, 4.69) is 42.6 Å². The first-order valence-electron chi connectivity index (χ1n) is 9.56. The molecule has 0 spiro atoms. The molecule has 0 radical (unpaired) electrons. The fourth-order valence-corrected chi connectivity index (χ4v) is 5.40. The molecule has 1 saturated carbocycles. The quantitative estimate of drug-likeness (QED) is 0.254. The number of anilines is 3. The Hall–Kier alpha value is -2.46. The van der Waals surface area contributed by atoms with Crippen LogP contribution >= 0.6 is 28.4 Å². The molecule has 1 amide bonds. The molecule has 2 N–H and O–H groups in total. The van der Waals surface area contributed by atoms with E-state index < -0.39 is 5.97 Å². The highest BCUT2D eigenvalue weighted by molar-refractivity contribution is 14.2. The molecule has 1 fully saturated rings. The molecule has 2 heterocycles. The molecule has 0 aliphatic heterocycles. The molecule has 3 aromatic rings. The Labute approximate surface area is 193 Å². The van der Waals surface area contributed by atoms with Gasteiger partial charge in [0.15, 0.2) is 11.4 Å². The Morgan fingerprint density at radius 2 is 2.00 bits per heavy atom. The highest BCUT2D eigenvalue weighted by Gasteiger charge is 2.30. The number of carbonyl (C=O) groups excluding carboxylic acids is 2. The van der Waals surface area contributed by atoms with Gasteiger partial charge in [-0.1, -0.05) is 6.07 Å². The lowest BCUT2D eigenvalue weighted by Crippen LogP contribution is -2.14. The molecular weight excluding hydrogens is 532 g/mol. The predicted octanol–water partition coefficient (Wildman–Crippen LogP) is 4.42. The summed E-state index contributed by atoms with van der Waals surface area (Å²) in [5, 5.41) is 6.22. The van der Waals surface area contributed by atoms with Gasteiger partial charge in [0.2, 0.25) is 5.91 Å². The van der Waals surface area contributed by atoms with Gasteiger partial charge in [-0.15, -0.1) is 0 Å². The third kappa shape index (κ3) is 4.31. The summed E-state index contributed by atoms with van der Waals surface area (Å²) in [6.07, 6.45) is 2.21. The first-order chi connectivity index (χ1) is 15.0. The van der Waals surface area contributed by atoms with Crippen LogP contribution in [-0.2, 0) is 9.53 Å². The molecule has 1 aliphatic rings. The van der Waals surface area contributed by atoms with E-state index in [1.165, 1.54) is 14.2 Å². The number of hydrogen-bond donors (Lipinski definition) is 2. The van der Waals surface area contributed by atoms with Gasteiger partial charge in [-0.05, 0) is 53.9 Å². The van der Waals surface area contributed by atoms with E-state index in [1.54, 1.807) is 24.3 Å². The highest BCUT2D eigenvalue weighted by atomic mass is 127. The number of nitrogens with zero attached hydrogens (tertiary/aromatic N) is 3. The maximum Gasteiger partial charge on any atom is 0.341 e. The van der Waals surface area contributed by atoms with Crippen molar-refractivity contribution in [1.82, 2.24) is 14.3 Å². The Morgan fingerprint density at radius 3 is 2.65 bits per heavy atom. The fourth-order valence-electron chi connectivity index (χ4n) is 3.26. The van der Waals surface area contributed by atoms with Crippen molar-refractivity contribution in [2.45, 2.75) is 19.8 Å². The molecule has 1 aliphatic carbocycles. The number of ether oxygens (including phenoxy) is 2. The lowest BCUT2D eigenvalue weighted by Gasteiger charge is -2.15. The number of hydrogen-bond acceptors (Lipinski definition) is 7. The summed E-state index contributed by atoms with van der Waals surface area (Å²) in [5.74, 6) is 1.16. The second kappa shape index (κ2) is 8.96. The first-order valence-corrected chi connectivity index (χ1v) is 13.6. The number of esters is 1. The van der Waals surface area contributed by atoms with Gasteiger partial charge in [0, 0.05) is 12.0 Å². The van der Waals surface area contributed by atoms with Crippen molar-refractivity contribution in [3.8, 4) is 5.75 Å². The van der Waals surface area contributed by atoms with Crippen LogP contribution in [0.15, 0.2) is 24.3 Å². The van der Waals surface area contributed by atoms with Crippen molar-refractivity contribution in [2.75, 3.05) is 24.9 Å². The molecule has 0 bridgehead atoms. The normalized spacial score (nSPS) is 13.5. The number of nitrogens with one attached hydrogen (secondary N) is 2. The number of aryl methyl sites for hydroxylation is 1. The van der Waals surface area contributed by atoms with Crippen molar-refractivity contribution in [3.63, 3.8) is 0 Å². The van der Waals surface area contributed by atoms with Crippen LogP contribution in [0.4, 0.5) is 17.2 Å². The van der Waals surface area contributed by atoms with Crippen molar-refractivity contribution in [2.24, 2.45) is 5.92 Å². The predicted molar refractivity (Wildman–Crippen MR) is 129 cm³/mol. The number of carbonyl (C=O) groups is 2. The minimum atomic E-state index is -0.496. The van der Waals surface area contributed by atoms with Gasteiger partial charge in [0.1, 0.15) is 22.7 Å². The van der Waals surface area contributed by atoms with Crippen LogP contribution in [0.3, 0.4) is 0 Å². The number of pyridine rings is 1. The van der Waals surface area contributed by atoms with Crippen LogP contribution in [0, 0.1) is 12.8 Å². The average Bonchev–Trinajstić information content (AvgIpc) is 3.56. The lowest BCUT2D eigenvalue weighted by atomic mass is 10.1. The Kier molecular flexibility index (Phi) is 6.29. The summed E-state index contributed by atoms with van der Waals surface area (Å²) in [4.78, 5) is 33.8. The second-order valence-electron chi connectivity index (χ2n) is 7.07. The lowest BCUT2D eigenvalue weighted by molar-refractivity contribution is -0.117. The molecule has 9 nitrogen and oxygen atoms in total. The number of fused-ring (bicyclic) bond motifs is 1. The largest absolute Gasteiger partial charge is 0.494 e. The van der Waals surface area contributed by atoms with Gasteiger partial charge in [-0.25, -0.2) is 14.8 Å². The summed E-state index contributed by atoms with van der Waals surface area (Å²) < 4.78 is 12.3.